The first-order valence-corrected chi connectivity index (χ1v) is 6.70. The summed E-state index contributed by atoms with van der Waals surface area (Å²) in [5, 5.41) is 0. The van der Waals surface area contributed by atoms with Crippen molar-refractivity contribution in [3.63, 3.8) is 0 Å². The van der Waals surface area contributed by atoms with Crippen LogP contribution in [0.1, 0.15) is 25.6 Å². The molecule has 1 heterocycles. The third-order valence-corrected chi connectivity index (χ3v) is 2.95. The highest BCUT2D eigenvalue weighted by Crippen LogP contribution is 2.23. The fourth-order valence-electron chi connectivity index (χ4n) is 1.42. The molecule has 0 aliphatic heterocycles. The Hall–Kier alpha value is -1.37. The number of hydrogen-bond acceptors (Lipinski definition) is 4. The van der Waals surface area contributed by atoms with E-state index in [9.17, 15) is 0 Å². The van der Waals surface area contributed by atoms with Gasteiger partial charge in [-0.2, -0.15) is 4.98 Å². The molecule has 0 spiro atoms. The van der Waals surface area contributed by atoms with Gasteiger partial charge in [0.05, 0.1) is 0 Å². The van der Waals surface area contributed by atoms with Gasteiger partial charge in [0.15, 0.2) is 0 Å². The van der Waals surface area contributed by atoms with Crippen LogP contribution in [0.25, 0.3) is 0 Å². The Morgan fingerprint density at radius 2 is 2.00 bits per heavy atom. The summed E-state index contributed by atoms with van der Waals surface area (Å²) in [5.74, 6) is 2.56. The van der Waals surface area contributed by atoms with Gasteiger partial charge >= 0.3 is 0 Å². The minimum absolute atomic E-state index is 0.215. The standard InChI is InChI=1S/C13H14IN3O/c1-8(2)13-16-11(15)7-12(17-13)18-10-5-3-4-9(14)6-10/h3-8H,1-2H3,(H2,15,16,17). The van der Waals surface area contributed by atoms with Gasteiger partial charge in [0, 0.05) is 15.6 Å². The number of aromatic nitrogens is 2. The Bertz CT molecular complexity index is 558. The topological polar surface area (TPSA) is 61.0 Å². The van der Waals surface area contributed by atoms with Crippen LogP contribution in [0.3, 0.4) is 0 Å². The monoisotopic (exact) mass is 355 g/mol. The molecule has 1 aromatic carbocycles. The summed E-state index contributed by atoms with van der Waals surface area (Å²) in [6.07, 6.45) is 0. The van der Waals surface area contributed by atoms with Crippen molar-refractivity contribution in [3.05, 3.63) is 39.7 Å². The van der Waals surface area contributed by atoms with Crippen molar-refractivity contribution in [2.75, 3.05) is 5.73 Å². The van der Waals surface area contributed by atoms with Gasteiger partial charge in [-0.05, 0) is 40.8 Å². The lowest BCUT2D eigenvalue weighted by atomic mass is 10.2. The molecule has 0 atom stereocenters. The zero-order chi connectivity index (χ0) is 13.1. The third kappa shape index (κ3) is 3.32. The molecule has 5 heteroatoms. The molecule has 94 valence electrons. The molecule has 0 saturated heterocycles. The number of rotatable bonds is 3. The number of halogens is 1. The molecule has 4 nitrogen and oxygen atoms in total. The minimum atomic E-state index is 0.215. The molecular formula is C13H14IN3O. The van der Waals surface area contributed by atoms with Crippen molar-refractivity contribution in [2.24, 2.45) is 0 Å². The number of nitrogen functional groups attached to an aromatic ring is 1. The van der Waals surface area contributed by atoms with Crippen LogP contribution >= 0.6 is 22.6 Å². The molecule has 0 fully saturated rings. The summed E-state index contributed by atoms with van der Waals surface area (Å²) >= 11 is 2.23. The van der Waals surface area contributed by atoms with Crippen molar-refractivity contribution in [1.82, 2.24) is 9.97 Å². The molecule has 2 rings (SSSR count). The summed E-state index contributed by atoms with van der Waals surface area (Å²) < 4.78 is 6.80. The molecule has 0 bridgehead atoms. The fourth-order valence-corrected chi connectivity index (χ4v) is 1.94. The third-order valence-electron chi connectivity index (χ3n) is 2.27. The number of nitrogens with zero attached hydrogens (tertiary/aromatic N) is 2. The summed E-state index contributed by atoms with van der Waals surface area (Å²) in [6, 6.07) is 9.39. The first-order valence-electron chi connectivity index (χ1n) is 5.62. The number of benzene rings is 1. The van der Waals surface area contributed by atoms with Crippen molar-refractivity contribution < 1.29 is 4.74 Å². The number of nitrogens with two attached hydrogens (primary N) is 1. The maximum Gasteiger partial charge on any atom is 0.224 e. The highest BCUT2D eigenvalue weighted by Gasteiger charge is 2.08. The van der Waals surface area contributed by atoms with Gasteiger partial charge in [-0.1, -0.05) is 19.9 Å². The van der Waals surface area contributed by atoms with Gasteiger partial charge in [-0.3, -0.25) is 0 Å². The van der Waals surface area contributed by atoms with E-state index < -0.39 is 0 Å². The molecule has 0 saturated carbocycles. The van der Waals surface area contributed by atoms with Crippen molar-refractivity contribution in [3.8, 4) is 11.6 Å². The Balaban J connectivity index is 2.29. The second-order valence-electron chi connectivity index (χ2n) is 4.20. The Labute approximate surface area is 120 Å². The summed E-state index contributed by atoms with van der Waals surface area (Å²) in [5.41, 5.74) is 5.75. The van der Waals surface area contributed by atoms with E-state index in [0.717, 1.165) is 9.32 Å². The number of hydrogen-bond donors (Lipinski definition) is 1. The first kappa shape index (κ1) is 13.1. The summed E-state index contributed by atoms with van der Waals surface area (Å²) in [7, 11) is 0. The van der Waals surface area contributed by atoms with Crippen molar-refractivity contribution in [1.29, 1.82) is 0 Å². The van der Waals surface area contributed by atoms with E-state index in [-0.39, 0.29) is 5.92 Å². The lowest BCUT2D eigenvalue weighted by Crippen LogP contribution is -2.03. The molecule has 0 amide bonds. The quantitative estimate of drug-likeness (QED) is 0.855. The van der Waals surface area contributed by atoms with Crippen LogP contribution in [0, 0.1) is 3.57 Å². The number of anilines is 1. The Kier molecular flexibility index (Phi) is 4.00. The van der Waals surface area contributed by atoms with Gasteiger partial charge in [0.1, 0.15) is 17.4 Å². The Morgan fingerprint density at radius 1 is 1.22 bits per heavy atom. The predicted molar refractivity (Wildman–Crippen MR) is 79.8 cm³/mol. The second-order valence-corrected chi connectivity index (χ2v) is 5.45. The van der Waals surface area contributed by atoms with Crippen LogP contribution in [0.5, 0.6) is 11.6 Å². The molecule has 18 heavy (non-hydrogen) atoms. The van der Waals surface area contributed by atoms with E-state index in [1.165, 1.54) is 0 Å². The average Bonchev–Trinajstić information content (AvgIpc) is 2.28. The zero-order valence-electron chi connectivity index (χ0n) is 10.2. The highest BCUT2D eigenvalue weighted by molar-refractivity contribution is 14.1. The van der Waals surface area contributed by atoms with Gasteiger partial charge in [-0.15, -0.1) is 0 Å². The summed E-state index contributed by atoms with van der Waals surface area (Å²) in [6.45, 7) is 4.04. The van der Waals surface area contributed by atoms with E-state index in [2.05, 4.69) is 32.6 Å². The molecule has 0 radical (unpaired) electrons. The second kappa shape index (κ2) is 5.51. The van der Waals surface area contributed by atoms with Gasteiger partial charge in [0.25, 0.3) is 0 Å². The fraction of sp³-hybridized carbons (Fsp3) is 0.231. The average molecular weight is 355 g/mol. The SMILES string of the molecule is CC(C)c1nc(N)cc(Oc2cccc(I)c2)n1. The van der Waals surface area contributed by atoms with E-state index in [4.69, 9.17) is 10.5 Å². The van der Waals surface area contributed by atoms with Gasteiger partial charge in [-0.25, -0.2) is 4.98 Å². The van der Waals surface area contributed by atoms with Crippen LogP contribution in [-0.4, -0.2) is 9.97 Å². The van der Waals surface area contributed by atoms with Crippen LogP contribution in [0.4, 0.5) is 5.82 Å². The van der Waals surface area contributed by atoms with E-state index in [0.29, 0.717) is 17.5 Å². The molecule has 1 aromatic heterocycles. The highest BCUT2D eigenvalue weighted by atomic mass is 127. The van der Waals surface area contributed by atoms with Crippen LogP contribution in [-0.2, 0) is 0 Å². The van der Waals surface area contributed by atoms with Crippen LogP contribution in [0.2, 0.25) is 0 Å². The maximum absolute atomic E-state index is 5.75. The molecule has 0 aliphatic rings. The lowest BCUT2D eigenvalue weighted by molar-refractivity contribution is 0.457. The molecule has 2 N–H and O–H groups in total. The zero-order valence-corrected chi connectivity index (χ0v) is 12.4. The van der Waals surface area contributed by atoms with E-state index >= 15 is 0 Å². The van der Waals surface area contributed by atoms with E-state index in [1.807, 2.05) is 38.1 Å². The Morgan fingerprint density at radius 3 is 2.67 bits per heavy atom. The minimum Gasteiger partial charge on any atom is -0.439 e. The van der Waals surface area contributed by atoms with Crippen LogP contribution < -0.4 is 10.5 Å². The predicted octanol–water partition coefficient (Wildman–Crippen LogP) is 3.58. The number of ether oxygens (including phenoxy) is 1. The van der Waals surface area contributed by atoms with Crippen molar-refractivity contribution >= 4 is 28.4 Å². The van der Waals surface area contributed by atoms with Crippen molar-refractivity contribution in [2.45, 2.75) is 19.8 Å². The van der Waals surface area contributed by atoms with Gasteiger partial charge in [0.2, 0.25) is 5.88 Å². The smallest absolute Gasteiger partial charge is 0.224 e. The lowest BCUT2D eigenvalue weighted by Gasteiger charge is -2.09. The van der Waals surface area contributed by atoms with Crippen LogP contribution in [0.15, 0.2) is 30.3 Å². The maximum atomic E-state index is 5.75. The molecule has 0 unspecified atom stereocenters. The molecule has 2 aromatic rings. The summed E-state index contributed by atoms with van der Waals surface area (Å²) in [4.78, 5) is 8.52. The van der Waals surface area contributed by atoms with E-state index in [1.54, 1.807) is 6.07 Å². The largest absolute Gasteiger partial charge is 0.439 e. The normalized spacial score (nSPS) is 10.7. The molecular weight excluding hydrogens is 341 g/mol. The van der Waals surface area contributed by atoms with Gasteiger partial charge < -0.3 is 10.5 Å². The molecule has 0 aliphatic carbocycles. The first-order chi connectivity index (χ1) is 8.54.